The van der Waals surface area contributed by atoms with E-state index in [9.17, 15) is 18.0 Å². The highest BCUT2D eigenvalue weighted by Gasteiger charge is 2.34. The van der Waals surface area contributed by atoms with E-state index in [2.05, 4.69) is 4.98 Å². The smallest absolute Gasteiger partial charge is 0.392 e. The molecule has 0 radical (unpaired) electrons. The van der Waals surface area contributed by atoms with Gasteiger partial charge in [-0.2, -0.15) is 13.2 Å². The Balaban J connectivity index is 1.72. The van der Waals surface area contributed by atoms with E-state index in [1.54, 1.807) is 24.0 Å². The molecular weight excluding hydrogens is 393 g/mol. The molecule has 0 saturated heterocycles. The summed E-state index contributed by atoms with van der Waals surface area (Å²) in [5, 5.41) is 0.584. The molecule has 1 aromatic rings. The third kappa shape index (κ3) is 4.41. The summed E-state index contributed by atoms with van der Waals surface area (Å²) in [5.74, 6) is 0.188. The summed E-state index contributed by atoms with van der Waals surface area (Å²) in [6, 6.07) is 1.41. The quantitative estimate of drug-likeness (QED) is 0.683. The molecule has 0 bridgehead atoms. The van der Waals surface area contributed by atoms with E-state index < -0.39 is 19.2 Å². The van der Waals surface area contributed by atoms with Crippen molar-refractivity contribution in [3.8, 4) is 5.75 Å². The number of carbonyl (C=O) groups excluding carboxylic acids is 1. The van der Waals surface area contributed by atoms with Gasteiger partial charge in [0.2, 0.25) is 0 Å². The maximum atomic E-state index is 12.8. The lowest BCUT2D eigenvalue weighted by Crippen LogP contribution is -2.30. The Kier molecular flexibility index (Phi) is 5.84. The zero-order chi connectivity index (χ0) is 20.5. The van der Waals surface area contributed by atoms with Crippen LogP contribution in [0.2, 0.25) is 0 Å². The van der Waals surface area contributed by atoms with Crippen LogP contribution in [0.5, 0.6) is 5.75 Å². The molecular formula is C20H20ClF3N2O2. The van der Waals surface area contributed by atoms with Gasteiger partial charge in [0.05, 0.1) is 31.0 Å². The van der Waals surface area contributed by atoms with Gasteiger partial charge in [-0.1, -0.05) is 29.8 Å². The van der Waals surface area contributed by atoms with Crippen LogP contribution < -0.4 is 4.74 Å². The number of halogens is 4. The van der Waals surface area contributed by atoms with Crippen LogP contribution in [0, 0.1) is 6.92 Å². The number of aromatic nitrogens is 1. The molecule has 150 valence electrons. The molecule has 1 unspecified atom stereocenters. The molecule has 2 heterocycles. The van der Waals surface area contributed by atoms with Crippen LogP contribution in [0.3, 0.4) is 0 Å². The van der Waals surface area contributed by atoms with Gasteiger partial charge in [-0.3, -0.25) is 9.78 Å². The second kappa shape index (κ2) is 7.99. The minimum Gasteiger partial charge on any atom is -0.491 e. The molecule has 1 amide bonds. The minimum atomic E-state index is -4.26. The van der Waals surface area contributed by atoms with Gasteiger partial charge in [0.1, 0.15) is 5.75 Å². The molecule has 3 rings (SSSR count). The summed E-state index contributed by atoms with van der Waals surface area (Å²) < 4.78 is 42.0. The van der Waals surface area contributed by atoms with Crippen molar-refractivity contribution in [3.05, 3.63) is 57.9 Å². The van der Waals surface area contributed by atoms with Crippen LogP contribution in [0.1, 0.15) is 37.1 Å². The number of hydrogen-bond acceptors (Lipinski definition) is 3. The van der Waals surface area contributed by atoms with Crippen molar-refractivity contribution in [2.75, 3.05) is 13.2 Å². The molecule has 28 heavy (non-hydrogen) atoms. The second-order valence-corrected chi connectivity index (χ2v) is 7.19. The number of ether oxygens (including phenoxy) is 1. The highest BCUT2D eigenvalue weighted by molar-refractivity contribution is 6.33. The molecule has 1 aromatic heterocycles. The average molecular weight is 413 g/mol. The zero-order valence-electron chi connectivity index (χ0n) is 15.5. The Hall–Kier alpha value is -2.28. The van der Waals surface area contributed by atoms with E-state index >= 15 is 0 Å². The number of nitrogens with zero attached hydrogens (tertiary/aromatic N) is 2. The molecule has 0 aromatic carbocycles. The molecule has 0 fully saturated rings. The van der Waals surface area contributed by atoms with Crippen molar-refractivity contribution < 1.29 is 22.7 Å². The summed E-state index contributed by atoms with van der Waals surface area (Å²) in [4.78, 5) is 18.8. The Labute approximate surface area is 166 Å². The predicted molar refractivity (Wildman–Crippen MR) is 100.0 cm³/mol. The molecule has 1 aliphatic carbocycles. The first kappa shape index (κ1) is 20.5. The average Bonchev–Trinajstić information content (AvgIpc) is 2.83. The van der Waals surface area contributed by atoms with Crippen LogP contribution in [0.25, 0.3) is 0 Å². The summed E-state index contributed by atoms with van der Waals surface area (Å²) >= 11 is 6.30. The topological polar surface area (TPSA) is 42.4 Å². The predicted octanol–water partition coefficient (Wildman–Crippen LogP) is 5.00. The van der Waals surface area contributed by atoms with E-state index in [-0.39, 0.29) is 11.9 Å². The normalized spacial score (nSPS) is 18.1. The fourth-order valence-corrected chi connectivity index (χ4v) is 3.41. The highest BCUT2D eigenvalue weighted by atomic mass is 35.5. The molecule has 4 nitrogen and oxygen atoms in total. The molecule has 0 spiro atoms. The number of alkyl halides is 3. The molecule has 2 aliphatic rings. The second-order valence-electron chi connectivity index (χ2n) is 6.78. The van der Waals surface area contributed by atoms with Crippen molar-refractivity contribution in [2.24, 2.45) is 0 Å². The van der Waals surface area contributed by atoms with Gasteiger partial charge < -0.3 is 9.64 Å². The number of pyridine rings is 1. The Morgan fingerprint density at radius 1 is 1.39 bits per heavy atom. The van der Waals surface area contributed by atoms with Crippen molar-refractivity contribution in [1.29, 1.82) is 0 Å². The molecule has 1 atom stereocenters. The van der Waals surface area contributed by atoms with Gasteiger partial charge in [0.15, 0.2) is 0 Å². The van der Waals surface area contributed by atoms with Crippen LogP contribution >= 0.6 is 11.6 Å². The Morgan fingerprint density at radius 2 is 2.14 bits per heavy atom. The lowest BCUT2D eigenvalue weighted by Gasteiger charge is -2.25. The van der Waals surface area contributed by atoms with E-state index in [4.69, 9.17) is 16.3 Å². The SMILES string of the molecule is Cc1cc(C(C)N2CC3=C(C=CCC=C3Cl)C2=O)ncc1OCCC(F)(F)F. The van der Waals surface area contributed by atoms with Crippen molar-refractivity contribution in [1.82, 2.24) is 9.88 Å². The lowest BCUT2D eigenvalue weighted by molar-refractivity contribution is -0.139. The van der Waals surface area contributed by atoms with Crippen LogP contribution in [0.4, 0.5) is 13.2 Å². The standard InChI is InChI=1S/C20H20ClF3N2O2/c1-12-9-17(25-10-18(12)28-8-7-20(22,23)24)13(2)26-11-15-14(19(26)27)5-3-4-6-16(15)21/h3,5-6,9-10,13H,4,7-8,11H2,1-2H3. The first-order valence-corrected chi connectivity index (χ1v) is 9.28. The highest BCUT2D eigenvalue weighted by Crippen LogP contribution is 2.35. The summed E-state index contributed by atoms with van der Waals surface area (Å²) in [7, 11) is 0. The summed E-state index contributed by atoms with van der Waals surface area (Å²) in [6.07, 6.45) is 2.37. The zero-order valence-corrected chi connectivity index (χ0v) is 16.3. The van der Waals surface area contributed by atoms with Gasteiger partial charge in [0.25, 0.3) is 5.91 Å². The van der Waals surface area contributed by atoms with Crippen molar-refractivity contribution >= 4 is 17.5 Å². The van der Waals surface area contributed by atoms with Gasteiger partial charge in [-0.25, -0.2) is 0 Å². The largest absolute Gasteiger partial charge is 0.491 e. The number of hydrogen-bond donors (Lipinski definition) is 0. The number of rotatable bonds is 5. The minimum absolute atomic E-state index is 0.114. The maximum Gasteiger partial charge on any atom is 0.392 e. The van der Waals surface area contributed by atoms with Gasteiger partial charge in [-0.15, -0.1) is 0 Å². The fraction of sp³-hybridized carbons (Fsp3) is 0.400. The van der Waals surface area contributed by atoms with E-state index in [1.165, 1.54) is 6.20 Å². The number of allylic oxidation sites excluding steroid dienone is 2. The van der Waals surface area contributed by atoms with E-state index in [0.717, 1.165) is 5.57 Å². The van der Waals surface area contributed by atoms with Crippen molar-refractivity contribution in [3.63, 3.8) is 0 Å². The molecule has 0 N–H and O–H groups in total. The molecule has 1 aliphatic heterocycles. The van der Waals surface area contributed by atoms with Gasteiger partial charge >= 0.3 is 6.18 Å². The first-order valence-electron chi connectivity index (χ1n) is 8.90. The first-order chi connectivity index (χ1) is 13.2. The lowest BCUT2D eigenvalue weighted by atomic mass is 10.1. The Morgan fingerprint density at radius 3 is 2.82 bits per heavy atom. The summed E-state index contributed by atoms with van der Waals surface area (Å²) in [6.45, 7) is 3.53. The third-order valence-electron chi connectivity index (χ3n) is 4.77. The van der Waals surface area contributed by atoms with Crippen molar-refractivity contribution in [2.45, 2.75) is 38.9 Å². The van der Waals surface area contributed by atoms with Crippen LogP contribution in [0.15, 0.2) is 46.7 Å². The number of aryl methyl sites for hydroxylation is 1. The summed E-state index contributed by atoms with van der Waals surface area (Å²) in [5.41, 5.74) is 2.69. The fourth-order valence-electron chi connectivity index (χ4n) is 3.16. The van der Waals surface area contributed by atoms with Gasteiger partial charge in [-0.05, 0) is 31.9 Å². The monoisotopic (exact) mass is 412 g/mol. The molecule has 8 heteroatoms. The van der Waals surface area contributed by atoms with E-state index in [1.807, 2.05) is 19.1 Å². The Bertz CT molecular complexity index is 875. The van der Waals surface area contributed by atoms with E-state index in [0.29, 0.717) is 40.6 Å². The number of amides is 1. The van der Waals surface area contributed by atoms with Crippen LogP contribution in [-0.4, -0.2) is 35.1 Å². The number of carbonyl (C=O) groups is 1. The molecule has 0 saturated carbocycles. The van der Waals surface area contributed by atoms with Gasteiger partial charge in [0, 0.05) is 22.7 Å². The third-order valence-corrected chi connectivity index (χ3v) is 5.16. The van der Waals surface area contributed by atoms with Crippen LogP contribution in [-0.2, 0) is 4.79 Å². The maximum absolute atomic E-state index is 12.8.